The summed E-state index contributed by atoms with van der Waals surface area (Å²) in [4.78, 5) is 9.72. The zero-order valence-corrected chi connectivity index (χ0v) is 12.7. The molecular weight excluding hydrogens is 304 g/mol. The van der Waals surface area contributed by atoms with Gasteiger partial charge in [0, 0.05) is 18.0 Å². The predicted octanol–water partition coefficient (Wildman–Crippen LogP) is 3.78. The molecule has 98 valence electrons. The van der Waals surface area contributed by atoms with Crippen LogP contribution in [0.15, 0.2) is 24.4 Å². The summed E-state index contributed by atoms with van der Waals surface area (Å²) in [6.07, 6.45) is 1.45. The second-order valence-corrected chi connectivity index (χ2v) is 5.29. The van der Waals surface area contributed by atoms with Crippen molar-refractivity contribution in [3.05, 3.63) is 40.3 Å². The Bertz CT molecular complexity index is 636. The molecular formula is C12H10Cl2N3OP. The summed E-state index contributed by atoms with van der Waals surface area (Å²) in [5, 5.41) is 1.25. The topological polar surface area (TPSA) is 46.1 Å². The number of halogens is 2. The van der Waals surface area contributed by atoms with Crippen LogP contribution in [0.2, 0.25) is 10.3 Å². The first-order chi connectivity index (χ1) is 9.04. The SMILES string of the molecule is Cc1c(P=O)cccc1N(C)c1nc(Cl)ncc1Cl. The Hall–Kier alpha value is -1.22. The number of nitrogens with zero attached hydrogens (tertiary/aromatic N) is 3. The molecule has 1 heterocycles. The van der Waals surface area contributed by atoms with E-state index in [0.717, 1.165) is 16.6 Å². The zero-order chi connectivity index (χ0) is 14.0. The van der Waals surface area contributed by atoms with E-state index in [4.69, 9.17) is 23.2 Å². The average molecular weight is 314 g/mol. The minimum absolute atomic E-state index is 0.0184. The number of hydrogen-bond acceptors (Lipinski definition) is 4. The lowest BCUT2D eigenvalue weighted by molar-refractivity contribution is 0.603. The second kappa shape index (κ2) is 5.83. The molecule has 0 unspecified atom stereocenters. The standard InChI is InChI=1S/C12H10Cl2N3OP/c1-7-9(4-3-5-10(7)19-18)17(2)11-8(13)6-15-12(14)16-11/h3-6H,1-2H3. The Morgan fingerprint density at radius 3 is 2.74 bits per heavy atom. The Kier molecular flexibility index (Phi) is 4.35. The Balaban J connectivity index is 2.52. The van der Waals surface area contributed by atoms with Gasteiger partial charge in [-0.25, -0.2) is 4.98 Å². The minimum atomic E-state index is -0.0184. The van der Waals surface area contributed by atoms with Gasteiger partial charge in [-0.1, -0.05) is 17.7 Å². The van der Waals surface area contributed by atoms with Gasteiger partial charge in [-0.05, 0) is 36.2 Å². The second-order valence-electron chi connectivity index (χ2n) is 3.88. The molecule has 2 rings (SSSR count). The molecule has 0 N–H and O–H groups in total. The highest BCUT2D eigenvalue weighted by molar-refractivity contribution is 7.34. The van der Waals surface area contributed by atoms with Crippen LogP contribution in [-0.2, 0) is 4.57 Å². The van der Waals surface area contributed by atoms with Gasteiger partial charge in [0.05, 0.1) is 6.20 Å². The summed E-state index contributed by atoms with van der Waals surface area (Å²) in [6, 6.07) is 5.53. The van der Waals surface area contributed by atoms with Crippen molar-refractivity contribution in [2.24, 2.45) is 0 Å². The quantitative estimate of drug-likeness (QED) is 0.639. The predicted molar refractivity (Wildman–Crippen MR) is 78.5 cm³/mol. The van der Waals surface area contributed by atoms with Gasteiger partial charge < -0.3 is 4.90 Å². The monoisotopic (exact) mass is 313 g/mol. The van der Waals surface area contributed by atoms with Crippen molar-refractivity contribution in [1.29, 1.82) is 0 Å². The Morgan fingerprint density at radius 2 is 2.05 bits per heavy atom. The van der Waals surface area contributed by atoms with Crippen LogP contribution in [0.4, 0.5) is 11.5 Å². The lowest BCUT2D eigenvalue weighted by atomic mass is 10.2. The van der Waals surface area contributed by atoms with Gasteiger partial charge in [-0.15, -0.1) is 0 Å². The van der Waals surface area contributed by atoms with Crippen molar-refractivity contribution in [3.8, 4) is 0 Å². The maximum Gasteiger partial charge on any atom is 0.224 e. The molecule has 19 heavy (non-hydrogen) atoms. The van der Waals surface area contributed by atoms with E-state index in [1.54, 1.807) is 11.0 Å². The van der Waals surface area contributed by atoms with Crippen molar-refractivity contribution >= 4 is 48.5 Å². The summed E-state index contributed by atoms with van der Waals surface area (Å²) in [5.41, 5.74) is 1.75. The van der Waals surface area contributed by atoms with Crippen molar-refractivity contribution in [2.45, 2.75) is 6.92 Å². The highest BCUT2D eigenvalue weighted by Crippen LogP contribution is 2.30. The molecule has 1 aromatic heterocycles. The van der Waals surface area contributed by atoms with Gasteiger partial charge >= 0.3 is 0 Å². The number of hydrogen-bond donors (Lipinski definition) is 0. The van der Waals surface area contributed by atoms with Crippen molar-refractivity contribution in [1.82, 2.24) is 9.97 Å². The van der Waals surface area contributed by atoms with E-state index in [0.29, 0.717) is 10.8 Å². The number of benzene rings is 1. The van der Waals surface area contributed by atoms with Crippen LogP contribution in [0, 0.1) is 6.92 Å². The van der Waals surface area contributed by atoms with Gasteiger partial charge in [0.2, 0.25) is 5.28 Å². The van der Waals surface area contributed by atoms with Crippen LogP contribution >= 0.6 is 31.7 Å². The van der Waals surface area contributed by atoms with E-state index in [1.807, 2.05) is 26.1 Å². The first-order valence-electron chi connectivity index (χ1n) is 5.39. The Labute approximate surface area is 122 Å². The molecule has 0 saturated heterocycles. The van der Waals surface area contributed by atoms with Gasteiger partial charge in [-0.2, -0.15) is 4.98 Å². The summed E-state index contributed by atoms with van der Waals surface area (Å²) >= 11 is 11.9. The van der Waals surface area contributed by atoms with Crippen LogP contribution in [0.25, 0.3) is 0 Å². The molecule has 0 radical (unpaired) electrons. The molecule has 0 fully saturated rings. The summed E-state index contributed by atoms with van der Waals surface area (Å²) in [5.74, 6) is 0.504. The highest BCUT2D eigenvalue weighted by Gasteiger charge is 2.14. The van der Waals surface area contributed by atoms with Gasteiger partial charge in [0.15, 0.2) is 14.3 Å². The largest absolute Gasteiger partial charge is 0.328 e. The smallest absolute Gasteiger partial charge is 0.224 e. The summed E-state index contributed by atoms with van der Waals surface area (Å²) in [6.45, 7) is 1.89. The maximum atomic E-state index is 11.1. The lowest BCUT2D eigenvalue weighted by Gasteiger charge is -2.21. The number of rotatable bonds is 3. The molecule has 0 saturated carbocycles. The molecule has 0 aliphatic carbocycles. The fraction of sp³-hybridized carbons (Fsp3) is 0.167. The summed E-state index contributed by atoms with van der Waals surface area (Å²) < 4.78 is 11.1. The third-order valence-corrected chi connectivity index (χ3v) is 3.88. The average Bonchev–Trinajstić information content (AvgIpc) is 2.41. The normalized spacial score (nSPS) is 10.7. The fourth-order valence-corrected chi connectivity index (χ4v) is 2.51. The molecule has 0 spiro atoms. The van der Waals surface area contributed by atoms with Gasteiger partial charge in [-0.3, -0.25) is 4.57 Å². The summed E-state index contributed by atoms with van der Waals surface area (Å²) in [7, 11) is 1.80. The fourth-order valence-electron chi connectivity index (χ4n) is 1.76. The third kappa shape index (κ3) is 2.86. The van der Waals surface area contributed by atoms with E-state index in [2.05, 4.69) is 9.97 Å². The van der Waals surface area contributed by atoms with Gasteiger partial charge in [0.25, 0.3) is 0 Å². The number of aromatic nitrogens is 2. The molecule has 0 amide bonds. The molecule has 1 aromatic carbocycles. The number of anilines is 2. The molecule has 7 heteroatoms. The lowest BCUT2D eigenvalue weighted by Crippen LogP contribution is -2.16. The zero-order valence-electron chi connectivity index (χ0n) is 10.3. The van der Waals surface area contributed by atoms with Crippen LogP contribution in [0.3, 0.4) is 0 Å². The molecule has 0 bridgehead atoms. The third-order valence-electron chi connectivity index (χ3n) is 2.75. The molecule has 0 atom stereocenters. The van der Waals surface area contributed by atoms with Crippen LogP contribution in [-0.4, -0.2) is 17.0 Å². The van der Waals surface area contributed by atoms with E-state index in [-0.39, 0.29) is 13.7 Å². The molecule has 0 aliphatic heterocycles. The minimum Gasteiger partial charge on any atom is -0.328 e. The Morgan fingerprint density at radius 1 is 1.32 bits per heavy atom. The van der Waals surface area contributed by atoms with E-state index in [9.17, 15) is 4.57 Å². The van der Waals surface area contributed by atoms with Crippen LogP contribution < -0.4 is 10.2 Å². The van der Waals surface area contributed by atoms with Crippen molar-refractivity contribution in [2.75, 3.05) is 11.9 Å². The molecule has 0 aliphatic rings. The molecule has 4 nitrogen and oxygen atoms in total. The van der Waals surface area contributed by atoms with Crippen molar-refractivity contribution < 1.29 is 4.57 Å². The van der Waals surface area contributed by atoms with Crippen LogP contribution in [0.1, 0.15) is 5.56 Å². The van der Waals surface area contributed by atoms with E-state index < -0.39 is 0 Å². The first-order valence-corrected chi connectivity index (χ1v) is 6.96. The van der Waals surface area contributed by atoms with E-state index >= 15 is 0 Å². The van der Waals surface area contributed by atoms with Gasteiger partial charge in [0.1, 0.15) is 5.02 Å². The molecule has 2 aromatic rings. The highest BCUT2D eigenvalue weighted by atomic mass is 35.5. The van der Waals surface area contributed by atoms with E-state index in [1.165, 1.54) is 6.20 Å². The van der Waals surface area contributed by atoms with Crippen LogP contribution in [0.5, 0.6) is 0 Å². The maximum absolute atomic E-state index is 11.1. The van der Waals surface area contributed by atoms with Crippen molar-refractivity contribution in [3.63, 3.8) is 0 Å². The first kappa shape index (κ1) is 14.2.